The fourth-order valence-electron chi connectivity index (χ4n) is 4.32. The van der Waals surface area contributed by atoms with Crippen LogP contribution in [-0.4, -0.2) is 32.8 Å². The Balaban J connectivity index is 1.43. The van der Waals surface area contributed by atoms with E-state index in [1.807, 2.05) is 59.3 Å². The second-order valence-corrected chi connectivity index (χ2v) is 9.59. The van der Waals surface area contributed by atoms with Crippen LogP contribution in [0.2, 0.25) is 0 Å². The summed E-state index contributed by atoms with van der Waals surface area (Å²) in [5, 5.41) is 2.94. The van der Waals surface area contributed by atoms with E-state index in [9.17, 15) is 9.59 Å². The Morgan fingerprint density at radius 3 is 2.23 bits per heavy atom. The van der Waals surface area contributed by atoms with Crippen LogP contribution < -0.4 is 5.32 Å². The van der Waals surface area contributed by atoms with Crippen molar-refractivity contribution in [2.24, 2.45) is 0 Å². The number of amides is 2. The highest BCUT2D eigenvalue weighted by Crippen LogP contribution is 2.25. The number of hydrogen-bond acceptors (Lipinski definition) is 4. The van der Waals surface area contributed by atoms with Crippen molar-refractivity contribution in [2.45, 2.75) is 26.3 Å². The lowest BCUT2D eigenvalue weighted by atomic mass is 10.0. The van der Waals surface area contributed by atoms with Gasteiger partial charge in [0.15, 0.2) is 0 Å². The summed E-state index contributed by atoms with van der Waals surface area (Å²) in [4.78, 5) is 32.9. The molecule has 0 saturated heterocycles. The van der Waals surface area contributed by atoms with Crippen LogP contribution in [0.3, 0.4) is 0 Å². The quantitative estimate of drug-likeness (QED) is 0.240. The fourth-order valence-corrected chi connectivity index (χ4v) is 4.32. The normalized spacial score (nSPS) is 10.9. The SMILES string of the molecule is CC(C)c1ccc(-n2cc(-c3ccccc3)nc2NC(=O)CN(Cc2ccco2)C(=O)c2ccccc2)cc1. The van der Waals surface area contributed by atoms with E-state index in [-0.39, 0.29) is 24.9 Å². The van der Waals surface area contributed by atoms with Crippen molar-refractivity contribution >= 4 is 17.8 Å². The molecule has 7 nitrogen and oxygen atoms in total. The Hall–Kier alpha value is -4.91. The molecule has 0 aliphatic carbocycles. The van der Waals surface area contributed by atoms with Gasteiger partial charge in [0, 0.05) is 23.0 Å². The number of benzene rings is 3. The number of nitrogens with one attached hydrogen (secondary N) is 1. The third-order valence-electron chi connectivity index (χ3n) is 6.43. The number of furan rings is 1. The van der Waals surface area contributed by atoms with Gasteiger partial charge >= 0.3 is 0 Å². The Morgan fingerprint density at radius 1 is 0.897 bits per heavy atom. The summed E-state index contributed by atoms with van der Waals surface area (Å²) in [5.41, 5.74) is 4.25. The number of carbonyl (C=O) groups excluding carboxylic acids is 2. The summed E-state index contributed by atoms with van der Waals surface area (Å²) >= 11 is 0. The first-order valence-corrected chi connectivity index (χ1v) is 12.9. The standard InChI is InChI=1S/C32H30N4O3/c1-23(2)24-15-17-27(18-16-24)36-21-29(25-10-5-3-6-11-25)33-32(36)34-30(37)22-35(20-28-14-9-19-39-28)31(38)26-12-7-4-8-13-26/h3-19,21,23H,20,22H2,1-2H3,(H,33,34,37). The van der Waals surface area contributed by atoms with Gasteiger partial charge in [-0.05, 0) is 47.9 Å². The van der Waals surface area contributed by atoms with Crippen LogP contribution in [-0.2, 0) is 11.3 Å². The monoisotopic (exact) mass is 518 g/mol. The summed E-state index contributed by atoms with van der Waals surface area (Å²) in [5.74, 6) is 0.741. The van der Waals surface area contributed by atoms with Gasteiger partial charge in [-0.3, -0.25) is 19.5 Å². The minimum Gasteiger partial charge on any atom is -0.467 e. The fraction of sp³-hybridized carbons (Fsp3) is 0.156. The van der Waals surface area contributed by atoms with Crippen molar-refractivity contribution in [3.05, 3.63) is 126 Å². The maximum Gasteiger partial charge on any atom is 0.254 e. The molecule has 5 aromatic rings. The smallest absolute Gasteiger partial charge is 0.254 e. The van der Waals surface area contributed by atoms with Crippen LogP contribution in [0.5, 0.6) is 0 Å². The van der Waals surface area contributed by atoms with Gasteiger partial charge in [0.2, 0.25) is 11.9 Å². The van der Waals surface area contributed by atoms with Crippen molar-refractivity contribution in [1.29, 1.82) is 0 Å². The minimum atomic E-state index is -0.365. The molecule has 0 fully saturated rings. The van der Waals surface area contributed by atoms with Gasteiger partial charge in [0.1, 0.15) is 12.3 Å². The van der Waals surface area contributed by atoms with E-state index in [0.717, 1.165) is 16.9 Å². The maximum atomic E-state index is 13.4. The van der Waals surface area contributed by atoms with Gasteiger partial charge in [0.05, 0.1) is 18.5 Å². The van der Waals surface area contributed by atoms with Crippen LogP contribution in [0.4, 0.5) is 5.95 Å². The van der Waals surface area contributed by atoms with Crippen LogP contribution in [0.15, 0.2) is 114 Å². The highest BCUT2D eigenvalue weighted by molar-refractivity contribution is 5.99. The molecule has 0 atom stereocenters. The molecule has 39 heavy (non-hydrogen) atoms. The molecule has 0 spiro atoms. The number of aromatic nitrogens is 2. The third-order valence-corrected chi connectivity index (χ3v) is 6.43. The van der Waals surface area contributed by atoms with E-state index in [4.69, 9.17) is 9.40 Å². The Bertz CT molecular complexity index is 1520. The first-order valence-electron chi connectivity index (χ1n) is 12.9. The molecule has 5 rings (SSSR count). The molecule has 0 aliphatic heterocycles. The summed E-state index contributed by atoms with van der Waals surface area (Å²) in [6.45, 7) is 4.29. The summed E-state index contributed by atoms with van der Waals surface area (Å²) in [7, 11) is 0. The molecular formula is C32H30N4O3. The number of anilines is 1. The zero-order valence-electron chi connectivity index (χ0n) is 22.0. The molecule has 0 saturated carbocycles. The molecule has 7 heteroatoms. The summed E-state index contributed by atoms with van der Waals surface area (Å²) in [6, 6.07) is 30.4. The molecule has 3 aromatic carbocycles. The number of imidazole rings is 1. The van der Waals surface area contributed by atoms with Crippen molar-refractivity contribution < 1.29 is 14.0 Å². The minimum absolute atomic E-state index is 0.161. The molecule has 0 bridgehead atoms. The van der Waals surface area contributed by atoms with Crippen LogP contribution >= 0.6 is 0 Å². The highest BCUT2D eigenvalue weighted by atomic mass is 16.3. The Kier molecular flexibility index (Phi) is 7.68. The van der Waals surface area contributed by atoms with Gasteiger partial charge in [-0.1, -0.05) is 74.5 Å². The van der Waals surface area contributed by atoms with E-state index in [1.165, 1.54) is 10.5 Å². The van der Waals surface area contributed by atoms with Gasteiger partial charge in [0.25, 0.3) is 5.91 Å². The molecule has 2 amide bonds. The number of nitrogens with zero attached hydrogens (tertiary/aromatic N) is 3. The predicted octanol–water partition coefficient (Wildman–Crippen LogP) is 6.54. The zero-order chi connectivity index (χ0) is 27.2. The van der Waals surface area contributed by atoms with Gasteiger partial charge in [-0.15, -0.1) is 0 Å². The first kappa shape index (κ1) is 25.7. The van der Waals surface area contributed by atoms with E-state index in [2.05, 4.69) is 31.3 Å². The average molecular weight is 519 g/mol. The lowest BCUT2D eigenvalue weighted by Crippen LogP contribution is -2.37. The van der Waals surface area contributed by atoms with Crippen LogP contribution in [0, 0.1) is 0 Å². The van der Waals surface area contributed by atoms with Crippen molar-refractivity contribution in [1.82, 2.24) is 14.5 Å². The summed E-state index contributed by atoms with van der Waals surface area (Å²) < 4.78 is 7.32. The van der Waals surface area contributed by atoms with E-state index in [0.29, 0.717) is 23.2 Å². The molecule has 2 aromatic heterocycles. The van der Waals surface area contributed by atoms with E-state index < -0.39 is 0 Å². The Morgan fingerprint density at radius 2 is 1.59 bits per heavy atom. The van der Waals surface area contributed by atoms with Gasteiger partial charge in [-0.25, -0.2) is 4.98 Å². The van der Waals surface area contributed by atoms with E-state index >= 15 is 0 Å². The lowest BCUT2D eigenvalue weighted by Gasteiger charge is -2.21. The van der Waals surface area contributed by atoms with Crippen LogP contribution in [0.1, 0.15) is 41.4 Å². The second-order valence-electron chi connectivity index (χ2n) is 9.59. The average Bonchev–Trinajstić information content (AvgIpc) is 3.63. The highest BCUT2D eigenvalue weighted by Gasteiger charge is 2.22. The predicted molar refractivity (Wildman–Crippen MR) is 152 cm³/mol. The van der Waals surface area contributed by atoms with E-state index in [1.54, 1.807) is 42.7 Å². The van der Waals surface area contributed by atoms with Crippen LogP contribution in [0.25, 0.3) is 16.9 Å². The molecule has 0 aliphatic rings. The summed E-state index contributed by atoms with van der Waals surface area (Å²) in [6.07, 6.45) is 3.46. The maximum absolute atomic E-state index is 13.4. The topological polar surface area (TPSA) is 80.4 Å². The van der Waals surface area contributed by atoms with Gasteiger partial charge < -0.3 is 9.32 Å². The largest absolute Gasteiger partial charge is 0.467 e. The lowest BCUT2D eigenvalue weighted by molar-refractivity contribution is -0.117. The molecule has 2 heterocycles. The number of rotatable bonds is 9. The number of hydrogen-bond donors (Lipinski definition) is 1. The third kappa shape index (κ3) is 6.15. The second kappa shape index (κ2) is 11.6. The Labute approximate surface area is 227 Å². The molecule has 1 N–H and O–H groups in total. The molecule has 196 valence electrons. The first-order chi connectivity index (χ1) is 19.0. The van der Waals surface area contributed by atoms with Crippen molar-refractivity contribution in [2.75, 3.05) is 11.9 Å². The number of carbonyl (C=O) groups is 2. The molecular weight excluding hydrogens is 488 g/mol. The zero-order valence-corrected chi connectivity index (χ0v) is 22.0. The molecule has 0 radical (unpaired) electrons. The van der Waals surface area contributed by atoms with Crippen molar-refractivity contribution in [3.8, 4) is 16.9 Å². The van der Waals surface area contributed by atoms with Gasteiger partial charge in [-0.2, -0.15) is 0 Å². The molecule has 0 unspecified atom stereocenters. The van der Waals surface area contributed by atoms with Crippen molar-refractivity contribution in [3.63, 3.8) is 0 Å².